The molecule has 1 amide bonds. The standard InChI is InChI=1S/C22H25N3O3/c26-19-4-2-1-3-18-21(19)16(12-23-18)22(27)25-13-5-8-15(9-6-13)28-20-11-14-7-10-17(20)24-14/h5-6,8-9,12,14,17,20,23-24H,1-4,7,10-11H2,(H,25,27). The molecule has 3 aliphatic rings. The average molecular weight is 379 g/mol. The van der Waals surface area contributed by atoms with Gasteiger partial charge in [-0.3, -0.25) is 9.59 Å². The summed E-state index contributed by atoms with van der Waals surface area (Å²) in [6.45, 7) is 0. The third-order valence-electron chi connectivity index (χ3n) is 6.21. The van der Waals surface area contributed by atoms with E-state index < -0.39 is 0 Å². The molecule has 146 valence electrons. The van der Waals surface area contributed by atoms with Gasteiger partial charge in [0, 0.05) is 42.5 Å². The van der Waals surface area contributed by atoms with Crippen molar-refractivity contribution in [2.45, 2.75) is 63.1 Å². The molecule has 1 aliphatic carbocycles. The molecule has 3 N–H and O–H groups in total. The fourth-order valence-electron chi connectivity index (χ4n) is 4.77. The Labute approximate surface area is 164 Å². The molecule has 0 radical (unpaired) electrons. The number of rotatable bonds is 4. The Morgan fingerprint density at radius 2 is 1.93 bits per heavy atom. The van der Waals surface area contributed by atoms with Crippen molar-refractivity contribution in [1.82, 2.24) is 10.3 Å². The van der Waals surface area contributed by atoms with Crippen LogP contribution in [-0.2, 0) is 6.42 Å². The van der Waals surface area contributed by atoms with Gasteiger partial charge in [0.05, 0.1) is 11.1 Å². The van der Waals surface area contributed by atoms with E-state index in [1.165, 1.54) is 12.8 Å². The maximum atomic E-state index is 12.7. The van der Waals surface area contributed by atoms with Crippen molar-refractivity contribution in [2.75, 3.05) is 5.32 Å². The van der Waals surface area contributed by atoms with E-state index in [1.807, 2.05) is 24.3 Å². The first-order valence-corrected chi connectivity index (χ1v) is 10.2. The van der Waals surface area contributed by atoms with Gasteiger partial charge in [-0.1, -0.05) is 0 Å². The number of benzene rings is 1. The van der Waals surface area contributed by atoms with E-state index in [9.17, 15) is 9.59 Å². The third kappa shape index (κ3) is 3.22. The zero-order valence-corrected chi connectivity index (χ0v) is 15.8. The third-order valence-corrected chi connectivity index (χ3v) is 6.21. The van der Waals surface area contributed by atoms with Crippen molar-refractivity contribution >= 4 is 17.4 Å². The molecule has 2 aromatic rings. The highest BCUT2D eigenvalue weighted by Gasteiger charge is 2.40. The van der Waals surface area contributed by atoms with Crippen LogP contribution >= 0.6 is 0 Å². The summed E-state index contributed by atoms with van der Waals surface area (Å²) >= 11 is 0. The van der Waals surface area contributed by atoms with Crippen LogP contribution in [0.5, 0.6) is 5.75 Å². The maximum absolute atomic E-state index is 12.7. The number of aryl methyl sites for hydroxylation is 1. The van der Waals surface area contributed by atoms with Crippen LogP contribution in [0.15, 0.2) is 30.5 Å². The summed E-state index contributed by atoms with van der Waals surface area (Å²) in [6.07, 6.45) is 8.57. The van der Waals surface area contributed by atoms with Gasteiger partial charge < -0.3 is 20.4 Å². The summed E-state index contributed by atoms with van der Waals surface area (Å²) < 4.78 is 6.12. The first-order valence-electron chi connectivity index (χ1n) is 10.2. The predicted octanol–water partition coefficient (Wildman–Crippen LogP) is 3.45. The van der Waals surface area contributed by atoms with E-state index in [4.69, 9.17) is 4.74 Å². The van der Waals surface area contributed by atoms with Crippen molar-refractivity contribution in [3.8, 4) is 5.75 Å². The molecule has 6 heteroatoms. The summed E-state index contributed by atoms with van der Waals surface area (Å²) in [4.78, 5) is 28.2. The zero-order chi connectivity index (χ0) is 19.1. The molecular formula is C22H25N3O3. The molecule has 0 spiro atoms. The summed E-state index contributed by atoms with van der Waals surface area (Å²) in [5.41, 5.74) is 2.59. The van der Waals surface area contributed by atoms with Gasteiger partial charge in [-0.25, -0.2) is 0 Å². The Morgan fingerprint density at radius 1 is 1.11 bits per heavy atom. The fourth-order valence-corrected chi connectivity index (χ4v) is 4.77. The lowest BCUT2D eigenvalue weighted by molar-refractivity contribution is 0.0965. The number of H-pyrrole nitrogens is 1. The number of anilines is 1. The number of hydrogen-bond acceptors (Lipinski definition) is 4. The normalized spacial score (nSPS) is 26.0. The minimum absolute atomic E-state index is 0.0575. The second-order valence-corrected chi connectivity index (χ2v) is 8.10. The van der Waals surface area contributed by atoms with Crippen LogP contribution in [0.2, 0.25) is 0 Å². The summed E-state index contributed by atoms with van der Waals surface area (Å²) in [7, 11) is 0. The van der Waals surface area contributed by atoms with Crippen LogP contribution < -0.4 is 15.4 Å². The van der Waals surface area contributed by atoms with Gasteiger partial charge in [0.1, 0.15) is 11.9 Å². The van der Waals surface area contributed by atoms with Crippen LogP contribution in [0, 0.1) is 0 Å². The minimum atomic E-state index is -0.251. The number of amides is 1. The highest BCUT2D eigenvalue weighted by atomic mass is 16.5. The number of fused-ring (bicyclic) bond motifs is 3. The maximum Gasteiger partial charge on any atom is 0.257 e. The van der Waals surface area contributed by atoms with Crippen LogP contribution in [-0.4, -0.2) is 34.9 Å². The molecule has 0 saturated carbocycles. The van der Waals surface area contributed by atoms with E-state index in [0.29, 0.717) is 35.3 Å². The van der Waals surface area contributed by atoms with E-state index in [1.54, 1.807) is 6.20 Å². The van der Waals surface area contributed by atoms with Crippen molar-refractivity contribution < 1.29 is 14.3 Å². The number of nitrogens with one attached hydrogen (secondary N) is 3. The van der Waals surface area contributed by atoms with E-state index in [-0.39, 0.29) is 17.8 Å². The molecule has 6 nitrogen and oxygen atoms in total. The van der Waals surface area contributed by atoms with Gasteiger partial charge in [-0.05, 0) is 56.4 Å². The van der Waals surface area contributed by atoms with Crippen molar-refractivity contribution in [1.29, 1.82) is 0 Å². The van der Waals surface area contributed by atoms with Gasteiger partial charge in [0.2, 0.25) is 0 Å². The SMILES string of the molecule is O=C(Nc1ccc(OC2CC3CCC2N3)cc1)c1c[nH]c2c1C(=O)CCCC2. The highest BCUT2D eigenvalue weighted by Crippen LogP contribution is 2.32. The number of carbonyl (C=O) groups is 2. The molecule has 2 saturated heterocycles. The minimum Gasteiger partial charge on any atom is -0.489 e. The Bertz CT molecular complexity index is 902. The van der Waals surface area contributed by atoms with E-state index in [2.05, 4.69) is 15.6 Å². The monoisotopic (exact) mass is 379 g/mol. The van der Waals surface area contributed by atoms with Crippen LogP contribution in [0.1, 0.15) is 64.9 Å². The second kappa shape index (κ2) is 7.09. The number of ketones is 1. The molecule has 3 atom stereocenters. The molecule has 1 aromatic carbocycles. The molecule has 2 aliphatic heterocycles. The highest BCUT2D eigenvalue weighted by molar-refractivity contribution is 6.13. The average Bonchev–Trinajstić information content (AvgIpc) is 3.39. The summed E-state index contributed by atoms with van der Waals surface area (Å²) in [5.74, 6) is 0.629. The van der Waals surface area contributed by atoms with E-state index in [0.717, 1.165) is 37.1 Å². The summed E-state index contributed by atoms with van der Waals surface area (Å²) in [5, 5.41) is 6.48. The van der Waals surface area contributed by atoms with Crippen molar-refractivity contribution in [3.05, 3.63) is 47.3 Å². The lowest BCUT2D eigenvalue weighted by Gasteiger charge is -2.21. The zero-order valence-electron chi connectivity index (χ0n) is 15.8. The van der Waals surface area contributed by atoms with E-state index >= 15 is 0 Å². The van der Waals surface area contributed by atoms with Gasteiger partial charge in [0.25, 0.3) is 5.91 Å². The lowest BCUT2D eigenvalue weighted by atomic mass is 9.98. The Kier molecular flexibility index (Phi) is 4.43. The fraction of sp³-hybridized carbons (Fsp3) is 0.455. The number of aromatic amines is 1. The molecular weight excluding hydrogens is 354 g/mol. The van der Waals surface area contributed by atoms with Crippen molar-refractivity contribution in [2.24, 2.45) is 0 Å². The second-order valence-electron chi connectivity index (χ2n) is 8.10. The number of ether oxygens (including phenoxy) is 1. The van der Waals surface area contributed by atoms with Gasteiger partial charge in [-0.15, -0.1) is 0 Å². The number of aromatic nitrogens is 1. The molecule has 3 heterocycles. The van der Waals surface area contributed by atoms with Crippen LogP contribution in [0.3, 0.4) is 0 Å². The first-order chi connectivity index (χ1) is 13.7. The number of hydrogen-bond donors (Lipinski definition) is 3. The molecule has 5 rings (SSSR count). The van der Waals surface area contributed by atoms with Gasteiger partial charge in [-0.2, -0.15) is 0 Å². The number of Topliss-reactive ketones (excluding diaryl/α,β-unsaturated/α-hetero) is 1. The largest absolute Gasteiger partial charge is 0.489 e. The Hall–Kier alpha value is -2.60. The van der Waals surface area contributed by atoms with Gasteiger partial charge >= 0.3 is 0 Å². The van der Waals surface area contributed by atoms with Crippen LogP contribution in [0.4, 0.5) is 5.69 Å². The predicted molar refractivity (Wildman–Crippen MR) is 106 cm³/mol. The quantitative estimate of drug-likeness (QED) is 0.711. The molecule has 2 bridgehead atoms. The first kappa shape index (κ1) is 17.5. The Balaban J connectivity index is 1.26. The van der Waals surface area contributed by atoms with Crippen LogP contribution in [0.25, 0.3) is 0 Å². The smallest absolute Gasteiger partial charge is 0.257 e. The number of carbonyl (C=O) groups excluding carboxylic acids is 2. The summed E-state index contributed by atoms with van der Waals surface area (Å²) in [6, 6.07) is 8.55. The molecule has 2 fully saturated rings. The molecule has 3 unspecified atom stereocenters. The lowest BCUT2D eigenvalue weighted by Crippen LogP contribution is -2.31. The van der Waals surface area contributed by atoms with Gasteiger partial charge in [0.15, 0.2) is 5.78 Å². The molecule has 1 aromatic heterocycles. The molecule has 28 heavy (non-hydrogen) atoms. The van der Waals surface area contributed by atoms with Crippen molar-refractivity contribution in [3.63, 3.8) is 0 Å². The Morgan fingerprint density at radius 3 is 2.68 bits per heavy atom. The topological polar surface area (TPSA) is 83.2 Å².